The summed E-state index contributed by atoms with van der Waals surface area (Å²) in [5, 5.41) is 9.67. The first-order valence-electron chi connectivity index (χ1n) is 5.82. The summed E-state index contributed by atoms with van der Waals surface area (Å²) in [5.74, 6) is 0.323. The topological polar surface area (TPSA) is 37.3 Å². The second-order valence-corrected chi connectivity index (χ2v) is 5.27. The normalized spacial score (nSPS) is 19.9. The van der Waals surface area contributed by atoms with E-state index in [1.807, 2.05) is 24.3 Å². The molecule has 0 heterocycles. The van der Waals surface area contributed by atoms with E-state index in [9.17, 15) is 9.90 Å². The van der Waals surface area contributed by atoms with Gasteiger partial charge < -0.3 is 5.11 Å². The predicted molar refractivity (Wildman–Crippen MR) is 63.5 cm³/mol. The lowest BCUT2D eigenvalue weighted by molar-refractivity contribution is 0.0617. The highest BCUT2D eigenvalue weighted by Gasteiger charge is 2.30. The molecule has 2 nitrogen and oxygen atoms in total. The van der Waals surface area contributed by atoms with E-state index in [1.165, 1.54) is 0 Å². The van der Waals surface area contributed by atoms with Gasteiger partial charge in [-0.1, -0.05) is 24.3 Å². The zero-order chi connectivity index (χ0) is 11.8. The fraction of sp³-hybridized carbons (Fsp3) is 0.500. The molecule has 2 rings (SSSR count). The van der Waals surface area contributed by atoms with E-state index < -0.39 is 5.60 Å². The number of carbonyl (C=O) groups excluding carboxylic acids is 1. The molecule has 0 radical (unpaired) electrons. The van der Waals surface area contributed by atoms with E-state index in [-0.39, 0.29) is 11.7 Å². The average Bonchev–Trinajstić information content (AvgIpc) is 2.53. The van der Waals surface area contributed by atoms with Gasteiger partial charge in [-0.05, 0) is 38.7 Å². The molecule has 1 aromatic carbocycles. The maximum Gasteiger partial charge on any atom is 0.166 e. The second-order valence-electron chi connectivity index (χ2n) is 5.27. The maximum absolute atomic E-state index is 12.0. The minimum absolute atomic E-state index is 0.0730. The average molecular weight is 218 g/mol. The highest BCUT2D eigenvalue weighted by atomic mass is 16.3. The first-order valence-corrected chi connectivity index (χ1v) is 5.82. The highest BCUT2D eigenvalue weighted by molar-refractivity contribution is 6.02. The number of ketones is 1. The molecule has 0 aromatic heterocycles. The molecule has 1 aliphatic rings. The number of aliphatic hydroxyl groups is 1. The number of hydrogen-bond acceptors (Lipinski definition) is 2. The third-order valence-corrected chi connectivity index (χ3v) is 3.22. The van der Waals surface area contributed by atoms with Crippen LogP contribution in [0.15, 0.2) is 24.3 Å². The summed E-state index contributed by atoms with van der Waals surface area (Å²) in [4.78, 5) is 12.0. The zero-order valence-corrected chi connectivity index (χ0v) is 9.86. The van der Waals surface area contributed by atoms with Crippen molar-refractivity contribution in [3.63, 3.8) is 0 Å². The van der Waals surface area contributed by atoms with E-state index in [1.54, 1.807) is 13.8 Å². The lowest BCUT2D eigenvalue weighted by atomic mass is 9.92. The van der Waals surface area contributed by atoms with Crippen LogP contribution in [-0.4, -0.2) is 16.5 Å². The Hall–Kier alpha value is -1.15. The minimum Gasteiger partial charge on any atom is -0.390 e. The largest absolute Gasteiger partial charge is 0.390 e. The molecule has 0 amide bonds. The van der Waals surface area contributed by atoms with E-state index >= 15 is 0 Å². The Morgan fingerprint density at radius 1 is 1.38 bits per heavy atom. The summed E-state index contributed by atoms with van der Waals surface area (Å²) < 4.78 is 0. The lowest BCUT2D eigenvalue weighted by Crippen LogP contribution is -2.21. The third kappa shape index (κ3) is 2.33. The molecule has 86 valence electrons. The van der Waals surface area contributed by atoms with Crippen molar-refractivity contribution in [1.82, 2.24) is 0 Å². The van der Waals surface area contributed by atoms with Crippen molar-refractivity contribution in [2.75, 3.05) is 0 Å². The number of fused-ring (bicyclic) bond motifs is 1. The molecule has 0 fully saturated rings. The fourth-order valence-corrected chi connectivity index (χ4v) is 2.28. The van der Waals surface area contributed by atoms with Crippen molar-refractivity contribution >= 4 is 5.78 Å². The van der Waals surface area contributed by atoms with Gasteiger partial charge in [-0.2, -0.15) is 0 Å². The van der Waals surface area contributed by atoms with Crippen LogP contribution in [-0.2, 0) is 6.42 Å². The Kier molecular flexibility index (Phi) is 2.85. The van der Waals surface area contributed by atoms with Gasteiger partial charge >= 0.3 is 0 Å². The molecule has 1 N–H and O–H groups in total. The summed E-state index contributed by atoms with van der Waals surface area (Å²) >= 11 is 0. The summed E-state index contributed by atoms with van der Waals surface area (Å²) in [5.41, 5.74) is 1.37. The Morgan fingerprint density at radius 3 is 2.69 bits per heavy atom. The van der Waals surface area contributed by atoms with Gasteiger partial charge in [0.1, 0.15) is 0 Å². The van der Waals surface area contributed by atoms with Gasteiger partial charge in [0.05, 0.1) is 5.60 Å². The van der Waals surface area contributed by atoms with Crippen molar-refractivity contribution in [3.05, 3.63) is 35.4 Å². The standard InChI is InChI=1S/C14H18O2/c1-14(2,16)8-7-11-9-10-5-3-4-6-12(10)13(11)15/h3-6,11,16H,7-9H2,1-2H3. The molecular weight excluding hydrogens is 200 g/mol. The van der Waals surface area contributed by atoms with Crippen molar-refractivity contribution in [1.29, 1.82) is 0 Å². The monoisotopic (exact) mass is 218 g/mol. The van der Waals surface area contributed by atoms with Crippen LogP contribution in [0.2, 0.25) is 0 Å². The Bertz CT molecular complexity index is 401. The van der Waals surface area contributed by atoms with E-state index in [4.69, 9.17) is 0 Å². The van der Waals surface area contributed by atoms with Gasteiger partial charge in [-0.15, -0.1) is 0 Å². The van der Waals surface area contributed by atoms with Crippen molar-refractivity contribution in [2.24, 2.45) is 5.92 Å². The molecule has 16 heavy (non-hydrogen) atoms. The van der Waals surface area contributed by atoms with E-state index in [2.05, 4.69) is 0 Å². The molecule has 0 saturated carbocycles. The quantitative estimate of drug-likeness (QED) is 0.846. The second kappa shape index (κ2) is 4.02. The molecule has 1 atom stereocenters. The van der Waals surface area contributed by atoms with Crippen molar-refractivity contribution in [3.8, 4) is 0 Å². The minimum atomic E-state index is -0.672. The van der Waals surface area contributed by atoms with Crippen molar-refractivity contribution in [2.45, 2.75) is 38.7 Å². The molecule has 1 unspecified atom stereocenters. The molecule has 1 aromatic rings. The van der Waals surface area contributed by atoms with Crippen LogP contribution in [0.5, 0.6) is 0 Å². The fourth-order valence-electron chi connectivity index (χ4n) is 2.28. The van der Waals surface area contributed by atoms with Crippen LogP contribution in [0.25, 0.3) is 0 Å². The van der Waals surface area contributed by atoms with E-state index in [0.29, 0.717) is 6.42 Å². The van der Waals surface area contributed by atoms with Crippen LogP contribution < -0.4 is 0 Å². The third-order valence-electron chi connectivity index (χ3n) is 3.22. The van der Waals surface area contributed by atoms with Crippen LogP contribution in [0.4, 0.5) is 0 Å². The van der Waals surface area contributed by atoms with Crippen LogP contribution in [0.3, 0.4) is 0 Å². The van der Waals surface area contributed by atoms with Crippen LogP contribution in [0.1, 0.15) is 42.6 Å². The Labute approximate surface area is 96.3 Å². The molecule has 0 aliphatic heterocycles. The van der Waals surface area contributed by atoms with Gasteiger partial charge in [0.25, 0.3) is 0 Å². The van der Waals surface area contributed by atoms with Gasteiger partial charge in [0.15, 0.2) is 5.78 Å². The smallest absolute Gasteiger partial charge is 0.166 e. The number of hydrogen-bond donors (Lipinski definition) is 1. The molecule has 0 bridgehead atoms. The summed E-state index contributed by atoms with van der Waals surface area (Å²) in [6.07, 6.45) is 2.29. The molecular formula is C14H18O2. The lowest BCUT2D eigenvalue weighted by Gasteiger charge is -2.18. The predicted octanol–water partition coefficient (Wildman–Crippen LogP) is 2.59. The molecule has 0 spiro atoms. The molecule has 1 aliphatic carbocycles. The SMILES string of the molecule is CC(C)(O)CCC1Cc2ccccc2C1=O. The summed E-state index contributed by atoms with van der Waals surface area (Å²) in [7, 11) is 0. The van der Waals surface area contributed by atoms with Crippen LogP contribution >= 0.6 is 0 Å². The van der Waals surface area contributed by atoms with Gasteiger partial charge in [-0.3, -0.25) is 4.79 Å². The van der Waals surface area contributed by atoms with Crippen LogP contribution in [0, 0.1) is 5.92 Å². The Balaban J connectivity index is 2.05. The summed E-state index contributed by atoms with van der Waals surface area (Å²) in [6, 6.07) is 7.82. The zero-order valence-electron chi connectivity index (χ0n) is 9.86. The number of rotatable bonds is 3. The first kappa shape index (κ1) is 11.3. The van der Waals surface area contributed by atoms with Crippen molar-refractivity contribution < 1.29 is 9.90 Å². The van der Waals surface area contributed by atoms with Gasteiger partial charge in [-0.25, -0.2) is 0 Å². The maximum atomic E-state index is 12.0. The number of carbonyl (C=O) groups is 1. The summed E-state index contributed by atoms with van der Waals surface area (Å²) in [6.45, 7) is 3.58. The molecule has 2 heteroatoms. The van der Waals surface area contributed by atoms with Gasteiger partial charge in [0.2, 0.25) is 0 Å². The van der Waals surface area contributed by atoms with E-state index in [0.717, 1.165) is 24.0 Å². The van der Waals surface area contributed by atoms with Gasteiger partial charge in [0, 0.05) is 11.5 Å². The first-order chi connectivity index (χ1) is 7.47. The molecule has 0 saturated heterocycles. The highest BCUT2D eigenvalue weighted by Crippen LogP contribution is 2.30. The Morgan fingerprint density at radius 2 is 2.06 bits per heavy atom. The number of benzene rings is 1. The number of Topliss-reactive ketones (excluding diaryl/α,β-unsaturated/α-hetero) is 1.